The zero-order valence-corrected chi connectivity index (χ0v) is 28.7. The van der Waals surface area contributed by atoms with Crippen LogP contribution in [0.1, 0.15) is 36.1 Å². The van der Waals surface area contributed by atoms with E-state index in [4.69, 9.17) is 37.6 Å². The number of hydrogen-bond acceptors (Lipinski definition) is 8. The quantitative estimate of drug-likeness (QED) is 0.197. The molecule has 3 aliphatic rings. The molecular formula is C38H42ClN7O3. The van der Waals surface area contributed by atoms with E-state index in [1.807, 2.05) is 42.5 Å². The van der Waals surface area contributed by atoms with Crippen LogP contribution in [0.15, 0.2) is 66.7 Å². The summed E-state index contributed by atoms with van der Waals surface area (Å²) in [6, 6.07) is 22.4. The number of nitrogens with zero attached hydrogens (tertiary/aromatic N) is 7. The molecule has 11 heteroatoms. The number of anilines is 2. The third-order valence-electron chi connectivity index (χ3n) is 10.0. The van der Waals surface area contributed by atoms with Gasteiger partial charge in [-0.3, -0.25) is 4.90 Å². The summed E-state index contributed by atoms with van der Waals surface area (Å²) in [6.45, 7) is 12.5. The molecule has 0 bridgehead atoms. The fourth-order valence-corrected chi connectivity index (χ4v) is 7.65. The van der Waals surface area contributed by atoms with E-state index in [1.165, 1.54) is 0 Å². The van der Waals surface area contributed by atoms with E-state index in [9.17, 15) is 4.79 Å². The van der Waals surface area contributed by atoms with E-state index >= 15 is 0 Å². The minimum Gasteiger partial charge on any atom is -0.462 e. The molecule has 0 radical (unpaired) electrons. The molecule has 7 rings (SSSR count). The second-order valence-corrected chi connectivity index (χ2v) is 13.6. The average Bonchev–Trinajstić information content (AvgIpc) is 3.41. The summed E-state index contributed by atoms with van der Waals surface area (Å²) < 4.78 is 12.1. The molecule has 0 unspecified atom stereocenters. The normalized spacial score (nSPS) is 19.7. The molecule has 3 aliphatic heterocycles. The molecule has 0 aliphatic carbocycles. The first-order valence-electron chi connectivity index (χ1n) is 17.2. The van der Waals surface area contributed by atoms with Gasteiger partial charge < -0.3 is 29.0 Å². The van der Waals surface area contributed by atoms with Crippen LogP contribution in [0.5, 0.6) is 6.01 Å². The Kier molecular flexibility index (Phi) is 10.0. The minimum absolute atomic E-state index is 0.178. The number of halogens is 1. The average molecular weight is 680 g/mol. The lowest BCUT2D eigenvalue weighted by Crippen LogP contribution is -2.56. The predicted molar refractivity (Wildman–Crippen MR) is 192 cm³/mol. The second-order valence-electron chi connectivity index (χ2n) is 13.2. The Bertz CT molecular complexity index is 1830. The zero-order valence-electron chi connectivity index (χ0n) is 27.9. The van der Waals surface area contributed by atoms with Gasteiger partial charge in [-0.1, -0.05) is 66.2 Å². The summed E-state index contributed by atoms with van der Waals surface area (Å²) in [5.41, 5.74) is 4.05. The number of benzene rings is 3. The van der Waals surface area contributed by atoms with Gasteiger partial charge in [-0.2, -0.15) is 9.97 Å². The Morgan fingerprint density at radius 2 is 1.80 bits per heavy atom. The first kappa shape index (κ1) is 32.9. The number of likely N-dealkylation sites (N-methyl/N-ethyl adjacent to an activating group) is 1. The number of amides is 1. The third kappa shape index (κ3) is 7.24. The van der Waals surface area contributed by atoms with E-state index < -0.39 is 6.09 Å². The Morgan fingerprint density at radius 3 is 2.59 bits per heavy atom. The van der Waals surface area contributed by atoms with Crippen LogP contribution in [-0.2, 0) is 24.3 Å². The smallest absolute Gasteiger partial charge is 0.410 e. The summed E-state index contributed by atoms with van der Waals surface area (Å²) in [6.07, 6.45) is 3.56. The van der Waals surface area contributed by atoms with E-state index in [2.05, 4.69) is 50.9 Å². The monoisotopic (exact) mass is 679 g/mol. The van der Waals surface area contributed by atoms with Gasteiger partial charge in [0, 0.05) is 48.9 Å². The molecule has 4 aromatic rings. The van der Waals surface area contributed by atoms with Crippen LogP contribution < -0.4 is 14.5 Å². The highest BCUT2D eigenvalue weighted by Gasteiger charge is 2.36. The highest BCUT2D eigenvalue weighted by atomic mass is 35.5. The Hall–Kier alpha value is -4.59. The molecule has 3 aromatic carbocycles. The van der Waals surface area contributed by atoms with Crippen LogP contribution in [0.25, 0.3) is 15.6 Å². The largest absolute Gasteiger partial charge is 0.462 e. The number of piperazine rings is 1. The summed E-state index contributed by atoms with van der Waals surface area (Å²) in [5, 5.41) is 2.88. The minimum atomic E-state index is -0.396. The van der Waals surface area contributed by atoms with Gasteiger partial charge in [0.25, 0.3) is 0 Å². The highest BCUT2D eigenvalue weighted by molar-refractivity contribution is 6.36. The fraction of sp³-hybridized carbons (Fsp3) is 0.421. The van der Waals surface area contributed by atoms with Crippen LogP contribution in [-0.4, -0.2) is 90.9 Å². The van der Waals surface area contributed by atoms with Crippen molar-refractivity contribution in [3.05, 3.63) is 100.0 Å². The highest BCUT2D eigenvalue weighted by Crippen LogP contribution is 2.37. The number of aromatic nitrogens is 2. The standard InChI is InChI=1S/C38H42ClN7O3/c1-40-22-30-23-45(20-21-46(30)38(47)49-25-27-10-4-3-5-11-27)36-31-15-9-19-44(34-17-7-13-28-12-6-16-32(39)35(28)34)24-33(31)41-37(42-36)48-26-29-14-8-18-43(29)2/h3-7,10-13,16-17,29-30H,8-9,14-15,18-26H2,2H3/t29-,30-/m0/s1. The lowest BCUT2D eigenvalue weighted by atomic mass is 10.1. The predicted octanol–water partition coefficient (Wildman–Crippen LogP) is 6.46. The van der Waals surface area contributed by atoms with Crippen molar-refractivity contribution in [2.24, 2.45) is 0 Å². The van der Waals surface area contributed by atoms with Gasteiger partial charge in [-0.15, -0.1) is 0 Å². The number of rotatable bonds is 8. The lowest BCUT2D eigenvalue weighted by molar-refractivity contribution is 0.0788. The molecule has 10 nitrogen and oxygen atoms in total. The molecule has 0 spiro atoms. The molecule has 1 aromatic heterocycles. The molecule has 0 saturated carbocycles. The van der Waals surface area contributed by atoms with Crippen LogP contribution in [0.3, 0.4) is 0 Å². The number of carbonyl (C=O) groups excluding carboxylic acids is 1. The van der Waals surface area contributed by atoms with Crippen molar-refractivity contribution in [1.29, 1.82) is 0 Å². The molecule has 2 saturated heterocycles. The summed E-state index contributed by atoms with van der Waals surface area (Å²) in [7, 11) is 2.14. The van der Waals surface area contributed by atoms with Gasteiger partial charge in [0.2, 0.25) is 6.54 Å². The second kappa shape index (κ2) is 14.9. The molecule has 4 heterocycles. The molecule has 0 N–H and O–H groups in total. The van der Waals surface area contributed by atoms with Gasteiger partial charge in [-0.05, 0) is 62.4 Å². The van der Waals surface area contributed by atoms with Crippen molar-refractivity contribution >= 4 is 40.0 Å². The van der Waals surface area contributed by atoms with Gasteiger partial charge in [0.1, 0.15) is 25.1 Å². The molecular weight excluding hydrogens is 638 g/mol. The maximum absolute atomic E-state index is 13.3. The first-order valence-corrected chi connectivity index (χ1v) is 17.6. The molecule has 1 amide bonds. The number of fused-ring (bicyclic) bond motifs is 2. The maximum atomic E-state index is 13.3. The number of likely N-dealkylation sites (tertiary alicyclic amines) is 1. The lowest BCUT2D eigenvalue weighted by Gasteiger charge is -2.39. The Morgan fingerprint density at radius 1 is 0.959 bits per heavy atom. The molecule has 2 fully saturated rings. The van der Waals surface area contributed by atoms with Crippen molar-refractivity contribution in [3.8, 4) is 6.01 Å². The van der Waals surface area contributed by atoms with Gasteiger partial charge in [-0.25, -0.2) is 11.4 Å². The fourth-order valence-electron chi connectivity index (χ4n) is 7.37. The Balaban J connectivity index is 1.18. The molecule has 254 valence electrons. The van der Waals surface area contributed by atoms with Gasteiger partial charge in [0.05, 0.1) is 17.3 Å². The number of hydrogen-bond donors (Lipinski definition) is 0. The third-order valence-corrected chi connectivity index (χ3v) is 10.3. The van der Waals surface area contributed by atoms with Gasteiger partial charge in [0.15, 0.2) is 0 Å². The van der Waals surface area contributed by atoms with E-state index in [-0.39, 0.29) is 19.2 Å². The topological polar surface area (TPSA) is 78.6 Å². The maximum Gasteiger partial charge on any atom is 0.410 e. The molecule has 49 heavy (non-hydrogen) atoms. The van der Waals surface area contributed by atoms with Gasteiger partial charge >= 0.3 is 12.1 Å². The van der Waals surface area contributed by atoms with E-state index in [1.54, 1.807) is 4.90 Å². The van der Waals surface area contributed by atoms with Crippen LogP contribution in [0.2, 0.25) is 5.02 Å². The SMILES string of the molecule is [C-]#[N+]C[C@H]1CN(c2nc(OC[C@@H]3CCCN3C)nc3c2CCCN(c2cccc4cccc(Cl)c24)C3)CCN1C(=O)OCc1ccccc1. The van der Waals surface area contributed by atoms with Crippen LogP contribution in [0, 0.1) is 6.57 Å². The van der Waals surface area contributed by atoms with Crippen LogP contribution >= 0.6 is 11.6 Å². The van der Waals surface area contributed by atoms with E-state index in [0.717, 1.165) is 82.9 Å². The van der Waals surface area contributed by atoms with Crippen molar-refractivity contribution in [1.82, 2.24) is 19.8 Å². The zero-order chi connectivity index (χ0) is 33.7. The first-order chi connectivity index (χ1) is 24.0. The summed E-state index contributed by atoms with van der Waals surface area (Å²) in [5.74, 6) is 0.838. The van der Waals surface area contributed by atoms with Crippen molar-refractivity contribution < 1.29 is 14.3 Å². The number of carbonyl (C=O) groups is 1. The van der Waals surface area contributed by atoms with Crippen LogP contribution in [0.4, 0.5) is 16.3 Å². The van der Waals surface area contributed by atoms with Crippen molar-refractivity contribution in [2.75, 3.05) is 62.7 Å². The van der Waals surface area contributed by atoms with Crippen molar-refractivity contribution in [3.63, 3.8) is 0 Å². The Labute approximate surface area is 293 Å². The van der Waals surface area contributed by atoms with E-state index in [0.29, 0.717) is 44.8 Å². The molecule has 2 atom stereocenters. The summed E-state index contributed by atoms with van der Waals surface area (Å²) in [4.78, 5) is 35.7. The van der Waals surface area contributed by atoms with Crippen molar-refractivity contribution in [2.45, 2.75) is 50.9 Å². The summed E-state index contributed by atoms with van der Waals surface area (Å²) >= 11 is 6.77. The number of ether oxygens (including phenoxy) is 2.